The van der Waals surface area contributed by atoms with Crippen molar-refractivity contribution in [3.8, 4) is 17.6 Å². The summed E-state index contributed by atoms with van der Waals surface area (Å²) in [6, 6.07) is 26.0. The second kappa shape index (κ2) is 34.8. The third-order valence-electron chi connectivity index (χ3n) is 19.6. The lowest BCUT2D eigenvalue weighted by Crippen LogP contribution is -2.60. The molecule has 3 atom stereocenters. The van der Waals surface area contributed by atoms with Crippen molar-refractivity contribution in [1.29, 1.82) is 0 Å². The van der Waals surface area contributed by atoms with E-state index < -0.39 is 77.8 Å². The van der Waals surface area contributed by atoms with Gasteiger partial charge < -0.3 is 33.3 Å². The lowest BCUT2D eigenvalue weighted by atomic mass is 9.48. The first kappa shape index (κ1) is 84.1. The number of ether oxygens (including phenoxy) is 5. The molecule has 5 fully saturated rings. The summed E-state index contributed by atoms with van der Waals surface area (Å²) < 4.78 is 99.7. The predicted molar refractivity (Wildman–Crippen MR) is 377 cm³/mol. The average molecular weight is 1410 g/mol. The van der Waals surface area contributed by atoms with Crippen LogP contribution < -0.4 is 0 Å². The zero-order valence-corrected chi connectivity index (χ0v) is 63.3. The third kappa shape index (κ3) is 25.4. The minimum atomic E-state index is -4.42. The van der Waals surface area contributed by atoms with Gasteiger partial charge in [0.15, 0.2) is 25.9 Å². The van der Waals surface area contributed by atoms with Crippen LogP contribution in [0.4, 0.5) is 13.2 Å². The summed E-state index contributed by atoms with van der Waals surface area (Å²) in [5.41, 5.74) is -4.14. The maximum Gasteiger partial charge on any atom is 0.312 e. The highest BCUT2D eigenvalue weighted by molar-refractivity contribution is 7.97. The van der Waals surface area contributed by atoms with Crippen molar-refractivity contribution in [2.75, 3.05) is 12.4 Å². The van der Waals surface area contributed by atoms with Crippen LogP contribution in [0.5, 0.6) is 5.75 Å². The Balaban J connectivity index is 0.000000268. The molecule has 5 saturated carbocycles. The van der Waals surface area contributed by atoms with Gasteiger partial charge >= 0.3 is 29.8 Å². The van der Waals surface area contributed by atoms with Gasteiger partial charge in [0.25, 0.3) is 0 Å². The Morgan fingerprint density at radius 2 is 0.929 bits per heavy atom. The van der Waals surface area contributed by atoms with Gasteiger partial charge in [0.1, 0.15) is 41.0 Å². The number of halogens is 3. The summed E-state index contributed by atoms with van der Waals surface area (Å²) in [5.74, 6) is 4.46. The Kier molecular flexibility index (Phi) is 29.9. The van der Waals surface area contributed by atoms with Crippen LogP contribution in [0.15, 0.2) is 112 Å². The SMILES string of the molecule is CCC(C)(C)C(=O)OC(C)(C)C#CC(C)(C)OC(=O)C(C)(C)CC.CCC(C)(C)C(=O)OC1(C)CCCC1.CCC(C)(C)C(=O)OC12CC3CC(C1)CC(C(=O)OCCS(=O)(=O)[O-])(C3)C2.CCC(C)c1ccc(O)cc1.Fc1ccc([S+](c2ccc(F)cc2)c2ccc(F)cc2)cc1. The molecule has 98 heavy (non-hydrogen) atoms. The number of hydrogen-bond acceptors (Lipinski definition) is 14. The van der Waals surface area contributed by atoms with E-state index in [0.717, 1.165) is 59.6 Å². The van der Waals surface area contributed by atoms with Crippen LogP contribution in [0.2, 0.25) is 0 Å². The topological polar surface area (TPSA) is 209 Å². The zero-order valence-electron chi connectivity index (χ0n) is 61.7. The van der Waals surface area contributed by atoms with E-state index >= 15 is 0 Å². The average Bonchev–Trinajstić information content (AvgIpc) is 0.857. The molecule has 4 bridgehead atoms. The number of aromatic hydroxyl groups is 1. The summed E-state index contributed by atoms with van der Waals surface area (Å²) in [4.78, 5) is 64.4. The highest BCUT2D eigenvalue weighted by Crippen LogP contribution is 2.63. The molecule has 3 unspecified atom stereocenters. The monoisotopic (exact) mass is 1400 g/mol. The summed E-state index contributed by atoms with van der Waals surface area (Å²) in [5, 5.41) is 9.01. The van der Waals surface area contributed by atoms with Gasteiger partial charge in [-0.15, -0.1) is 0 Å². The predicted octanol–water partition coefficient (Wildman–Crippen LogP) is 18.3. The molecule has 0 heterocycles. The summed E-state index contributed by atoms with van der Waals surface area (Å²) in [6.07, 6.45) is 12.8. The van der Waals surface area contributed by atoms with Crippen molar-refractivity contribution in [3.63, 3.8) is 0 Å². The Morgan fingerprint density at radius 1 is 0.571 bits per heavy atom. The first-order chi connectivity index (χ1) is 45.2. The van der Waals surface area contributed by atoms with E-state index in [2.05, 4.69) is 32.6 Å². The Labute approximate surface area is 586 Å². The quantitative estimate of drug-likeness (QED) is 0.0271. The molecule has 0 amide bonds. The van der Waals surface area contributed by atoms with Gasteiger partial charge in [-0.05, 0) is 288 Å². The molecule has 0 spiro atoms. The minimum Gasteiger partial charge on any atom is -0.748 e. The van der Waals surface area contributed by atoms with E-state index in [-0.39, 0.29) is 52.3 Å². The Bertz CT molecular complexity index is 3280. The van der Waals surface area contributed by atoms with E-state index in [9.17, 15) is 50.1 Å². The van der Waals surface area contributed by atoms with Crippen LogP contribution in [-0.2, 0) is 68.7 Å². The maximum absolute atomic E-state index is 13.2. The second-order valence-corrected chi connectivity index (χ2v) is 34.4. The molecular formula is C79H111F3O14S2. The molecule has 5 aliphatic carbocycles. The van der Waals surface area contributed by atoms with Crippen LogP contribution in [0.25, 0.3) is 0 Å². The number of carbonyl (C=O) groups is 5. The summed E-state index contributed by atoms with van der Waals surface area (Å²) >= 11 is 0. The van der Waals surface area contributed by atoms with Crippen LogP contribution in [0.1, 0.15) is 239 Å². The maximum atomic E-state index is 13.2. The van der Waals surface area contributed by atoms with Gasteiger partial charge in [-0.3, -0.25) is 24.0 Å². The van der Waals surface area contributed by atoms with E-state index in [4.69, 9.17) is 28.8 Å². The van der Waals surface area contributed by atoms with Gasteiger partial charge in [0.05, 0.1) is 53.8 Å². The van der Waals surface area contributed by atoms with Crippen molar-refractivity contribution in [2.45, 2.75) is 271 Å². The molecule has 0 radical (unpaired) electrons. The highest BCUT2D eigenvalue weighted by Gasteiger charge is 2.63. The lowest BCUT2D eigenvalue weighted by molar-refractivity contribution is -0.217. The molecule has 9 rings (SSSR count). The molecule has 14 nitrogen and oxygen atoms in total. The first-order valence-electron chi connectivity index (χ1n) is 34.6. The van der Waals surface area contributed by atoms with E-state index in [0.29, 0.717) is 62.0 Å². The minimum absolute atomic E-state index is 0.0376. The highest BCUT2D eigenvalue weighted by atomic mass is 32.2. The van der Waals surface area contributed by atoms with Crippen molar-refractivity contribution >= 4 is 50.9 Å². The summed E-state index contributed by atoms with van der Waals surface area (Å²) in [7, 11) is -4.96. The molecule has 544 valence electrons. The van der Waals surface area contributed by atoms with Crippen molar-refractivity contribution in [1.82, 2.24) is 0 Å². The molecule has 4 aromatic carbocycles. The van der Waals surface area contributed by atoms with Crippen LogP contribution in [0, 0.1) is 68.2 Å². The zero-order chi connectivity index (χ0) is 74.1. The second-order valence-electron chi connectivity index (χ2n) is 30.8. The van der Waals surface area contributed by atoms with Gasteiger partial charge in [-0.25, -0.2) is 21.6 Å². The largest absolute Gasteiger partial charge is 0.748 e. The molecule has 4 aromatic rings. The van der Waals surface area contributed by atoms with E-state index in [1.165, 1.54) is 54.8 Å². The van der Waals surface area contributed by atoms with Crippen molar-refractivity contribution in [2.24, 2.45) is 38.9 Å². The molecule has 0 saturated heterocycles. The number of phenolic OH excluding ortho intramolecular Hbond substituents is 1. The molecular weight excluding hydrogens is 1290 g/mol. The van der Waals surface area contributed by atoms with Crippen LogP contribution >= 0.6 is 0 Å². The molecule has 5 aliphatic rings. The number of benzene rings is 4. The Hall–Kier alpha value is -6.36. The van der Waals surface area contributed by atoms with E-state index in [1.807, 2.05) is 95.2 Å². The number of hydrogen-bond donors (Lipinski definition) is 1. The Morgan fingerprint density at radius 3 is 1.28 bits per heavy atom. The smallest absolute Gasteiger partial charge is 0.312 e. The summed E-state index contributed by atoms with van der Waals surface area (Å²) in [6.45, 7) is 35.8. The van der Waals surface area contributed by atoms with Gasteiger partial charge in [0, 0.05) is 6.42 Å². The fraction of sp³-hybridized carbons (Fsp3) is 0.608. The standard InChI is InChI=1S/C20H34O4.C19H30O7S.C18H12F3S.C12H22O2.C10H14O/c1-11-17(3,4)15(21)23-19(7,8)13-14-20(9,10)24-16(22)18(5,6)12-2;1-4-17(2,3)15(20)26-19-10-13-7-14(11-19)9-18(8-13,12-19)16(21)25-5-6-27(22,23)24;19-13-1-7-16(8-2-13)22(17-9-3-14(20)4-10-17)18-11-5-15(21)6-12-18;1-5-11(2,3)10(13)14-12(4)8-6-7-9-12;1-3-8(2)9-4-6-10(11)7-5-9/h11-12H2,1-10H3;13-14H,4-12H2,1-3H3,(H,22,23,24);1-12H;5-9H2,1-4H3;4-8,11H,3H2,1-2H3/q;;+1;;/p-1. The fourth-order valence-electron chi connectivity index (χ4n) is 11.7. The van der Waals surface area contributed by atoms with E-state index in [1.54, 1.807) is 76.2 Å². The lowest BCUT2D eigenvalue weighted by Gasteiger charge is -2.60. The van der Waals surface area contributed by atoms with Gasteiger partial charge in [-0.1, -0.05) is 65.5 Å². The molecule has 0 aliphatic heterocycles. The van der Waals surface area contributed by atoms with Crippen molar-refractivity contribution < 1.29 is 78.9 Å². The number of esters is 5. The van der Waals surface area contributed by atoms with Gasteiger partial charge in [-0.2, -0.15) is 0 Å². The number of rotatable bonds is 21. The van der Waals surface area contributed by atoms with Crippen LogP contribution in [0.3, 0.4) is 0 Å². The third-order valence-corrected chi connectivity index (χ3v) is 22.5. The van der Waals surface area contributed by atoms with Crippen LogP contribution in [-0.4, -0.2) is 82.7 Å². The first-order valence-corrected chi connectivity index (χ1v) is 37.4. The van der Waals surface area contributed by atoms with Gasteiger partial charge in [0.2, 0.25) is 0 Å². The molecule has 1 N–H and O–H groups in total. The number of phenols is 1. The molecule has 19 heteroatoms. The normalized spacial score (nSPS) is 19.7. The molecule has 0 aromatic heterocycles. The fourth-order valence-corrected chi connectivity index (χ4v) is 14.0. The number of carbonyl (C=O) groups excluding carboxylic acids is 5. The van der Waals surface area contributed by atoms with Crippen molar-refractivity contribution in [3.05, 3.63) is 120 Å².